The summed E-state index contributed by atoms with van der Waals surface area (Å²) in [6, 6.07) is 3.15. The van der Waals surface area contributed by atoms with Gasteiger partial charge >= 0.3 is 0 Å². The minimum Gasteiger partial charge on any atom is -0.391 e. The van der Waals surface area contributed by atoms with Crippen LogP contribution in [0.25, 0.3) is 0 Å². The van der Waals surface area contributed by atoms with Gasteiger partial charge in [0.05, 0.1) is 12.3 Å². The summed E-state index contributed by atoms with van der Waals surface area (Å²) in [7, 11) is -3.27. The molecule has 4 N–H and O–H groups in total. The van der Waals surface area contributed by atoms with Crippen molar-refractivity contribution in [2.24, 2.45) is 5.92 Å². The predicted molar refractivity (Wildman–Crippen MR) is 98.2 cm³/mol. The first-order chi connectivity index (χ1) is 10.9. The Morgan fingerprint density at radius 2 is 2.00 bits per heavy atom. The van der Waals surface area contributed by atoms with Gasteiger partial charge in [0.2, 0.25) is 12.9 Å². The van der Waals surface area contributed by atoms with E-state index in [9.17, 15) is 19.4 Å². The summed E-state index contributed by atoms with van der Waals surface area (Å²) in [5.74, 6) is 0.334. The maximum absolute atomic E-state index is 12.3. The van der Waals surface area contributed by atoms with Gasteiger partial charge in [-0.25, -0.2) is 0 Å². The largest absolute Gasteiger partial charge is 0.391 e. The van der Waals surface area contributed by atoms with Crippen LogP contribution in [0.5, 0.6) is 0 Å². The molecule has 1 unspecified atom stereocenters. The third kappa shape index (κ3) is 7.95. The van der Waals surface area contributed by atoms with Crippen molar-refractivity contribution >= 4 is 19.8 Å². The molecule has 0 saturated heterocycles. The van der Waals surface area contributed by atoms with Crippen molar-refractivity contribution in [2.45, 2.75) is 44.8 Å². The lowest BCUT2D eigenvalue weighted by atomic mass is 9.91. The van der Waals surface area contributed by atoms with Crippen LogP contribution in [0.4, 0.5) is 0 Å². The Bertz CT molecular complexity index is 569. The predicted octanol–water partition coefficient (Wildman–Crippen LogP) is 2.10. The lowest BCUT2D eigenvalue weighted by Gasteiger charge is -2.25. The zero-order valence-corrected chi connectivity index (χ0v) is 15.5. The van der Waals surface area contributed by atoms with E-state index in [1.807, 2.05) is 0 Å². The Kier molecular flexibility index (Phi) is 9.24. The normalized spacial score (nSPS) is 19.2. The van der Waals surface area contributed by atoms with Crippen molar-refractivity contribution in [3.8, 4) is 0 Å². The molecule has 1 fully saturated rings. The lowest BCUT2D eigenvalue weighted by Crippen LogP contribution is -2.30. The molecule has 1 aliphatic carbocycles. The van der Waals surface area contributed by atoms with Crippen LogP contribution in [0.2, 0.25) is 0 Å². The van der Waals surface area contributed by atoms with E-state index >= 15 is 0 Å². The summed E-state index contributed by atoms with van der Waals surface area (Å²) in [6.07, 6.45) is 6.65. The number of nitrogens with one attached hydrogen (secondary N) is 2. The molecule has 1 aromatic rings. The maximum Gasteiger partial charge on any atom is 0.247 e. The Morgan fingerprint density at radius 1 is 1.29 bits per heavy atom. The summed E-state index contributed by atoms with van der Waals surface area (Å²) in [5, 5.41) is 13.0. The third-order valence-corrected chi connectivity index (χ3v) is 6.40. The quantitative estimate of drug-likeness (QED) is 0.519. The zero-order valence-electron chi connectivity index (χ0n) is 13.8. The molecule has 1 heterocycles. The van der Waals surface area contributed by atoms with E-state index < -0.39 is 13.5 Å². The number of aromatic amines is 1. The molecule has 24 heavy (non-hydrogen) atoms. The van der Waals surface area contributed by atoms with Crippen LogP contribution in [0.3, 0.4) is 0 Å². The molecule has 1 aromatic heterocycles. The molecule has 0 aromatic carbocycles. The van der Waals surface area contributed by atoms with E-state index in [1.54, 1.807) is 12.3 Å². The molecular formula is C16H28ClN2O4P. The summed E-state index contributed by atoms with van der Waals surface area (Å²) < 4.78 is 12.3. The van der Waals surface area contributed by atoms with Crippen molar-refractivity contribution < 1.29 is 14.6 Å². The van der Waals surface area contributed by atoms with Crippen LogP contribution in [0, 0.1) is 5.92 Å². The Labute approximate surface area is 148 Å². The molecule has 0 aliphatic heterocycles. The van der Waals surface area contributed by atoms with Gasteiger partial charge < -0.3 is 20.3 Å². The van der Waals surface area contributed by atoms with Crippen molar-refractivity contribution in [3.63, 3.8) is 0 Å². The Morgan fingerprint density at radius 3 is 2.62 bits per heavy atom. The topological polar surface area (TPSA) is 102 Å². The standard InChI is InChI=1S/C16H27N2O4P.ClH/c19-15(10-17-8-14-6-7-16(20)18-9-14)12-23(21,22)11-13-4-2-1-3-5-13;/h6-7,9,13,15,17,19H,1-5,8,10-12H2,(H,18,20)(H,21,22);1H/t15-;/m1./s1. The average Bonchev–Trinajstić information content (AvgIpc) is 2.49. The fourth-order valence-corrected chi connectivity index (χ4v) is 5.29. The van der Waals surface area contributed by atoms with Gasteiger partial charge in [-0.05, 0) is 24.3 Å². The van der Waals surface area contributed by atoms with Crippen LogP contribution < -0.4 is 10.9 Å². The maximum atomic E-state index is 12.3. The molecule has 0 radical (unpaired) electrons. The number of aliphatic hydroxyl groups excluding tert-OH is 1. The molecule has 2 atom stereocenters. The molecule has 1 aliphatic rings. The molecule has 0 spiro atoms. The second-order valence-corrected chi connectivity index (χ2v) is 8.98. The highest BCUT2D eigenvalue weighted by molar-refractivity contribution is 7.58. The molecule has 0 amide bonds. The number of aliphatic hydroxyl groups is 1. The fraction of sp³-hybridized carbons (Fsp3) is 0.688. The minimum atomic E-state index is -3.27. The van der Waals surface area contributed by atoms with Gasteiger partial charge in [-0.3, -0.25) is 9.36 Å². The summed E-state index contributed by atoms with van der Waals surface area (Å²) in [6.45, 7) is 0.751. The van der Waals surface area contributed by atoms with Crippen LogP contribution in [-0.4, -0.2) is 40.0 Å². The van der Waals surface area contributed by atoms with E-state index in [0.717, 1.165) is 31.2 Å². The van der Waals surface area contributed by atoms with E-state index in [0.29, 0.717) is 18.6 Å². The van der Waals surface area contributed by atoms with Gasteiger partial charge in [-0.1, -0.05) is 25.3 Å². The van der Waals surface area contributed by atoms with Crippen LogP contribution in [0.1, 0.15) is 37.7 Å². The van der Waals surface area contributed by atoms with Gasteiger partial charge in [0.1, 0.15) is 0 Å². The minimum absolute atomic E-state index is 0. The van der Waals surface area contributed by atoms with Crippen LogP contribution in [-0.2, 0) is 11.1 Å². The molecule has 1 saturated carbocycles. The first-order valence-electron chi connectivity index (χ1n) is 8.32. The smallest absolute Gasteiger partial charge is 0.247 e. The molecule has 2 rings (SSSR count). The first kappa shape index (κ1) is 21.4. The van der Waals surface area contributed by atoms with Crippen molar-refractivity contribution in [2.75, 3.05) is 18.9 Å². The third-order valence-electron chi connectivity index (χ3n) is 4.32. The zero-order chi connectivity index (χ0) is 16.7. The monoisotopic (exact) mass is 378 g/mol. The highest BCUT2D eigenvalue weighted by atomic mass is 35.5. The number of rotatable bonds is 8. The van der Waals surface area contributed by atoms with E-state index in [4.69, 9.17) is 0 Å². The average molecular weight is 379 g/mol. The van der Waals surface area contributed by atoms with Gasteiger partial charge in [-0.15, -0.1) is 12.4 Å². The molecule has 6 nitrogen and oxygen atoms in total. The highest BCUT2D eigenvalue weighted by Crippen LogP contribution is 2.45. The Hall–Kier alpha value is -0.650. The summed E-state index contributed by atoms with van der Waals surface area (Å²) >= 11 is 0. The molecular weight excluding hydrogens is 351 g/mol. The SMILES string of the molecule is Cl.O=c1ccc(CNC[C@@H](O)CP(=O)(O)CC2CCCCC2)c[nH]1. The van der Waals surface area contributed by atoms with Gasteiger partial charge in [0.25, 0.3) is 0 Å². The number of aromatic nitrogens is 1. The van der Waals surface area contributed by atoms with E-state index in [1.165, 1.54) is 12.5 Å². The fourth-order valence-electron chi connectivity index (χ4n) is 3.18. The van der Waals surface area contributed by atoms with Crippen LogP contribution in [0.15, 0.2) is 23.1 Å². The van der Waals surface area contributed by atoms with Gasteiger partial charge in [0, 0.05) is 31.5 Å². The van der Waals surface area contributed by atoms with E-state index in [2.05, 4.69) is 10.3 Å². The second kappa shape index (κ2) is 10.4. The lowest BCUT2D eigenvalue weighted by molar-refractivity contribution is 0.189. The highest BCUT2D eigenvalue weighted by Gasteiger charge is 2.27. The van der Waals surface area contributed by atoms with Crippen molar-refractivity contribution in [1.82, 2.24) is 10.3 Å². The second-order valence-electron chi connectivity index (χ2n) is 6.56. The van der Waals surface area contributed by atoms with Crippen molar-refractivity contribution in [3.05, 3.63) is 34.2 Å². The van der Waals surface area contributed by atoms with Gasteiger partial charge in [0.15, 0.2) is 0 Å². The summed E-state index contributed by atoms with van der Waals surface area (Å²) in [5.41, 5.74) is 0.740. The van der Waals surface area contributed by atoms with Crippen molar-refractivity contribution in [1.29, 1.82) is 0 Å². The number of hydrogen-bond acceptors (Lipinski definition) is 4. The van der Waals surface area contributed by atoms with E-state index in [-0.39, 0.29) is 30.7 Å². The number of H-pyrrole nitrogens is 1. The summed E-state index contributed by atoms with van der Waals surface area (Å²) in [4.78, 5) is 23.6. The first-order valence-corrected chi connectivity index (χ1v) is 10.3. The number of pyridine rings is 1. The number of halogens is 1. The molecule has 138 valence electrons. The Balaban J connectivity index is 0.00000288. The molecule has 0 bridgehead atoms. The molecule has 8 heteroatoms. The van der Waals surface area contributed by atoms with Crippen LogP contribution >= 0.6 is 19.8 Å². The van der Waals surface area contributed by atoms with Gasteiger partial charge in [-0.2, -0.15) is 0 Å². The number of hydrogen-bond donors (Lipinski definition) is 4.